The number of carbonyl (C=O) groups excluding carboxylic acids is 2. The van der Waals surface area contributed by atoms with Gasteiger partial charge < -0.3 is 16.0 Å². The van der Waals surface area contributed by atoms with E-state index < -0.39 is 0 Å². The zero-order valence-electron chi connectivity index (χ0n) is 14.1. The molecule has 5 nitrogen and oxygen atoms in total. The molecule has 1 aliphatic heterocycles. The maximum atomic E-state index is 12.0. The maximum absolute atomic E-state index is 12.0. The number of hydrogen-bond acceptors (Lipinski definition) is 3. The summed E-state index contributed by atoms with van der Waals surface area (Å²) in [5.74, 6) is 0.975. The van der Waals surface area contributed by atoms with Gasteiger partial charge in [0.15, 0.2) is 0 Å². The summed E-state index contributed by atoms with van der Waals surface area (Å²) in [6, 6.07) is 7.23. The van der Waals surface area contributed by atoms with Crippen LogP contribution in [0.25, 0.3) is 0 Å². The fourth-order valence-corrected chi connectivity index (χ4v) is 3.45. The molecule has 132 valence electrons. The highest BCUT2D eigenvalue weighted by Gasteiger charge is 2.21. The van der Waals surface area contributed by atoms with Crippen molar-refractivity contribution in [3.63, 3.8) is 0 Å². The van der Waals surface area contributed by atoms with Crippen LogP contribution in [0, 0.1) is 11.8 Å². The molecule has 0 saturated carbocycles. The second-order valence-electron chi connectivity index (χ2n) is 6.39. The molecule has 1 aromatic carbocycles. The molecule has 1 heterocycles. The Morgan fingerprint density at radius 2 is 1.96 bits per heavy atom. The van der Waals surface area contributed by atoms with Gasteiger partial charge in [-0.2, -0.15) is 0 Å². The minimum Gasteiger partial charge on any atom is -0.354 e. The van der Waals surface area contributed by atoms with E-state index in [2.05, 4.69) is 38.8 Å². The van der Waals surface area contributed by atoms with Crippen LogP contribution in [0.3, 0.4) is 0 Å². The predicted molar refractivity (Wildman–Crippen MR) is 98.9 cm³/mol. The lowest BCUT2D eigenvalue weighted by Gasteiger charge is -2.27. The summed E-state index contributed by atoms with van der Waals surface area (Å²) in [7, 11) is 0. The first-order chi connectivity index (χ1) is 11.6. The third kappa shape index (κ3) is 6.24. The molecular formula is C18H26BrN3O2. The maximum Gasteiger partial charge on any atom is 0.251 e. The SMILES string of the molecule is CC(CC(=O)NCCNC(=O)c1cccc(Br)c1)C1CCNCC1. The highest BCUT2D eigenvalue weighted by atomic mass is 79.9. The van der Waals surface area contributed by atoms with E-state index in [1.165, 1.54) is 0 Å². The Morgan fingerprint density at radius 1 is 1.25 bits per heavy atom. The number of rotatable bonds is 7. The third-order valence-corrected chi connectivity index (χ3v) is 5.01. The van der Waals surface area contributed by atoms with E-state index in [0.717, 1.165) is 30.4 Å². The van der Waals surface area contributed by atoms with Gasteiger partial charge in [0.1, 0.15) is 0 Å². The Hall–Kier alpha value is -1.40. The molecule has 0 aliphatic carbocycles. The number of hydrogen-bond donors (Lipinski definition) is 3. The molecule has 1 saturated heterocycles. The second kappa shape index (κ2) is 9.79. The summed E-state index contributed by atoms with van der Waals surface area (Å²) in [4.78, 5) is 24.0. The highest BCUT2D eigenvalue weighted by molar-refractivity contribution is 9.10. The van der Waals surface area contributed by atoms with Gasteiger partial charge in [0, 0.05) is 29.5 Å². The Labute approximate surface area is 152 Å². The van der Waals surface area contributed by atoms with E-state index >= 15 is 0 Å². The Balaban J connectivity index is 1.62. The smallest absolute Gasteiger partial charge is 0.251 e. The summed E-state index contributed by atoms with van der Waals surface area (Å²) >= 11 is 3.35. The summed E-state index contributed by atoms with van der Waals surface area (Å²) in [6.45, 7) is 5.15. The molecule has 0 aromatic heterocycles. The first-order valence-electron chi connectivity index (χ1n) is 8.57. The van der Waals surface area contributed by atoms with Crippen molar-refractivity contribution in [2.45, 2.75) is 26.2 Å². The number of nitrogens with one attached hydrogen (secondary N) is 3. The van der Waals surface area contributed by atoms with Gasteiger partial charge in [0.25, 0.3) is 5.91 Å². The zero-order valence-corrected chi connectivity index (χ0v) is 15.7. The number of halogens is 1. The molecule has 6 heteroatoms. The van der Waals surface area contributed by atoms with Crippen molar-refractivity contribution in [1.29, 1.82) is 0 Å². The summed E-state index contributed by atoms with van der Waals surface area (Å²) in [5, 5.41) is 9.06. The van der Waals surface area contributed by atoms with Crippen molar-refractivity contribution in [3.05, 3.63) is 34.3 Å². The van der Waals surface area contributed by atoms with Crippen molar-refractivity contribution in [1.82, 2.24) is 16.0 Å². The quantitative estimate of drug-likeness (QED) is 0.620. The van der Waals surface area contributed by atoms with Gasteiger partial charge in [0.05, 0.1) is 0 Å². The molecule has 0 bridgehead atoms. The molecule has 1 atom stereocenters. The first-order valence-corrected chi connectivity index (χ1v) is 9.36. The number of piperidine rings is 1. The van der Waals surface area contributed by atoms with Crippen LogP contribution in [-0.2, 0) is 4.79 Å². The van der Waals surface area contributed by atoms with Crippen molar-refractivity contribution >= 4 is 27.7 Å². The van der Waals surface area contributed by atoms with Crippen LogP contribution >= 0.6 is 15.9 Å². The minimum atomic E-state index is -0.131. The summed E-state index contributed by atoms with van der Waals surface area (Å²) in [5.41, 5.74) is 0.607. The Bertz CT molecular complexity index is 559. The van der Waals surface area contributed by atoms with Crippen LogP contribution in [0.5, 0.6) is 0 Å². The van der Waals surface area contributed by atoms with Crippen LogP contribution < -0.4 is 16.0 Å². The van der Waals surface area contributed by atoms with E-state index in [1.54, 1.807) is 12.1 Å². The Morgan fingerprint density at radius 3 is 2.67 bits per heavy atom. The van der Waals surface area contributed by atoms with Gasteiger partial charge >= 0.3 is 0 Å². The van der Waals surface area contributed by atoms with E-state index in [4.69, 9.17) is 0 Å². The highest BCUT2D eigenvalue weighted by Crippen LogP contribution is 2.24. The number of amides is 2. The van der Waals surface area contributed by atoms with Crippen LogP contribution in [0.4, 0.5) is 0 Å². The van der Waals surface area contributed by atoms with Gasteiger partial charge in [-0.1, -0.05) is 28.9 Å². The molecule has 2 rings (SSSR count). The topological polar surface area (TPSA) is 70.2 Å². The fraction of sp³-hybridized carbons (Fsp3) is 0.556. The van der Waals surface area contributed by atoms with Crippen molar-refractivity contribution in [3.8, 4) is 0 Å². The molecule has 0 radical (unpaired) electrons. The molecular weight excluding hydrogens is 370 g/mol. The molecule has 1 aliphatic rings. The molecule has 0 spiro atoms. The molecule has 1 unspecified atom stereocenters. The molecule has 1 aromatic rings. The monoisotopic (exact) mass is 395 g/mol. The van der Waals surface area contributed by atoms with Gasteiger partial charge in [-0.3, -0.25) is 9.59 Å². The zero-order chi connectivity index (χ0) is 17.4. The average molecular weight is 396 g/mol. The van der Waals surface area contributed by atoms with E-state index in [0.29, 0.717) is 36.9 Å². The van der Waals surface area contributed by atoms with Gasteiger partial charge in [-0.05, 0) is 56.0 Å². The lowest BCUT2D eigenvalue weighted by molar-refractivity contribution is -0.122. The van der Waals surface area contributed by atoms with Crippen LogP contribution in [0.15, 0.2) is 28.7 Å². The van der Waals surface area contributed by atoms with Crippen molar-refractivity contribution < 1.29 is 9.59 Å². The summed E-state index contributed by atoms with van der Waals surface area (Å²) < 4.78 is 0.871. The minimum absolute atomic E-state index is 0.0673. The third-order valence-electron chi connectivity index (χ3n) is 4.52. The largest absolute Gasteiger partial charge is 0.354 e. The normalized spacial score (nSPS) is 16.4. The lowest BCUT2D eigenvalue weighted by atomic mass is 9.84. The molecule has 24 heavy (non-hydrogen) atoms. The van der Waals surface area contributed by atoms with Gasteiger partial charge in [-0.15, -0.1) is 0 Å². The van der Waals surface area contributed by atoms with Gasteiger partial charge in [-0.25, -0.2) is 0 Å². The first kappa shape index (κ1) is 18.9. The average Bonchev–Trinajstić information content (AvgIpc) is 2.59. The van der Waals surface area contributed by atoms with Crippen molar-refractivity contribution in [2.24, 2.45) is 11.8 Å². The second-order valence-corrected chi connectivity index (χ2v) is 7.30. The van der Waals surface area contributed by atoms with Crippen LogP contribution in [0.2, 0.25) is 0 Å². The molecule has 3 N–H and O–H groups in total. The number of benzene rings is 1. The fourth-order valence-electron chi connectivity index (χ4n) is 3.05. The van der Waals surface area contributed by atoms with E-state index in [9.17, 15) is 9.59 Å². The van der Waals surface area contributed by atoms with Crippen LogP contribution in [-0.4, -0.2) is 38.0 Å². The van der Waals surface area contributed by atoms with Crippen LogP contribution in [0.1, 0.15) is 36.5 Å². The van der Waals surface area contributed by atoms with Gasteiger partial charge in [0.2, 0.25) is 5.91 Å². The standard InChI is InChI=1S/C18H26BrN3O2/c1-13(14-5-7-20-8-6-14)11-17(23)21-9-10-22-18(24)15-3-2-4-16(19)12-15/h2-4,12-14,20H,5-11H2,1H3,(H,21,23)(H,22,24). The molecule has 1 fully saturated rings. The Kier molecular flexibility index (Phi) is 7.72. The van der Waals surface area contributed by atoms with E-state index in [1.807, 2.05) is 12.1 Å². The number of carbonyl (C=O) groups is 2. The summed E-state index contributed by atoms with van der Waals surface area (Å²) in [6.07, 6.45) is 2.86. The van der Waals surface area contributed by atoms with E-state index in [-0.39, 0.29) is 11.8 Å². The van der Waals surface area contributed by atoms with Crippen molar-refractivity contribution in [2.75, 3.05) is 26.2 Å². The predicted octanol–water partition coefficient (Wildman–Crippen LogP) is 2.32. The lowest BCUT2D eigenvalue weighted by Crippen LogP contribution is -2.36. The molecule has 2 amide bonds.